The summed E-state index contributed by atoms with van der Waals surface area (Å²) < 4.78 is 0. The zero-order valence-corrected chi connectivity index (χ0v) is 10.5. The molecule has 0 aliphatic carbocycles. The maximum Gasteiger partial charge on any atom is 0.186 e. The number of thiol groups is 1. The number of aliphatic hydroxyl groups excluding tert-OH is 1. The molecule has 0 saturated carbocycles. The van der Waals surface area contributed by atoms with Crippen LogP contribution in [0, 0.1) is 0 Å². The van der Waals surface area contributed by atoms with Crippen LogP contribution in [-0.4, -0.2) is 17.6 Å². The Morgan fingerprint density at radius 1 is 1.38 bits per heavy atom. The number of hydrogen-bond donors (Lipinski definition) is 4. The number of rotatable bonds is 3. The molecule has 0 bridgehead atoms. The number of nitrogens with zero attached hydrogens (tertiary/aromatic N) is 1. The molecule has 0 saturated heterocycles. The standard InChI is InChI=1S/C9H13N3OS.C2H6/c10-9(11)12-5-7(13)6-3-1-2-4-8(6)14;1-2/h1-4,7,13-14H,5H2,(H4,10,11,12);1-2H3/t7-;/m0./s1. The number of benzene rings is 1. The van der Waals surface area contributed by atoms with Gasteiger partial charge in [-0.25, -0.2) is 0 Å². The molecule has 1 atom stereocenters. The van der Waals surface area contributed by atoms with Gasteiger partial charge in [-0.1, -0.05) is 32.0 Å². The van der Waals surface area contributed by atoms with E-state index in [0.717, 1.165) is 10.5 Å². The van der Waals surface area contributed by atoms with Gasteiger partial charge in [-0.3, -0.25) is 4.99 Å². The molecule has 0 aliphatic heterocycles. The smallest absolute Gasteiger partial charge is 0.186 e. The predicted molar refractivity (Wildman–Crippen MR) is 70.7 cm³/mol. The summed E-state index contributed by atoms with van der Waals surface area (Å²) in [6.45, 7) is 4.15. The molecule has 90 valence electrons. The first-order valence-electron chi connectivity index (χ1n) is 5.12. The van der Waals surface area contributed by atoms with E-state index >= 15 is 0 Å². The fourth-order valence-electron chi connectivity index (χ4n) is 1.06. The van der Waals surface area contributed by atoms with Gasteiger partial charge in [0.1, 0.15) is 0 Å². The Morgan fingerprint density at radius 3 is 2.44 bits per heavy atom. The highest BCUT2D eigenvalue weighted by Crippen LogP contribution is 2.20. The lowest BCUT2D eigenvalue weighted by Gasteiger charge is -2.10. The van der Waals surface area contributed by atoms with Gasteiger partial charge in [0.2, 0.25) is 0 Å². The van der Waals surface area contributed by atoms with Crippen molar-refractivity contribution in [1.82, 2.24) is 0 Å². The van der Waals surface area contributed by atoms with E-state index in [-0.39, 0.29) is 12.5 Å². The molecule has 0 amide bonds. The molecule has 1 aromatic rings. The Balaban J connectivity index is 0.00000106. The lowest BCUT2D eigenvalue weighted by molar-refractivity contribution is 0.184. The van der Waals surface area contributed by atoms with Gasteiger partial charge in [-0.15, -0.1) is 12.6 Å². The molecule has 0 aromatic heterocycles. The Morgan fingerprint density at radius 2 is 1.94 bits per heavy atom. The number of aliphatic hydroxyl groups is 1. The van der Waals surface area contributed by atoms with Crippen LogP contribution in [0.25, 0.3) is 0 Å². The topological polar surface area (TPSA) is 84.6 Å². The number of hydrogen-bond acceptors (Lipinski definition) is 3. The average Bonchev–Trinajstić information content (AvgIpc) is 2.29. The van der Waals surface area contributed by atoms with Gasteiger partial charge in [0.15, 0.2) is 5.96 Å². The third-order valence-corrected chi connectivity index (χ3v) is 2.15. The van der Waals surface area contributed by atoms with Gasteiger partial charge in [-0.2, -0.15) is 0 Å². The zero-order chi connectivity index (χ0) is 12.6. The number of guanidine groups is 1. The van der Waals surface area contributed by atoms with Crippen LogP contribution in [0.3, 0.4) is 0 Å². The van der Waals surface area contributed by atoms with Crippen molar-refractivity contribution in [3.05, 3.63) is 29.8 Å². The Kier molecular flexibility index (Phi) is 7.41. The second kappa shape index (κ2) is 8.01. The van der Waals surface area contributed by atoms with E-state index in [0.29, 0.717) is 0 Å². The van der Waals surface area contributed by atoms with Crippen LogP contribution in [0.4, 0.5) is 0 Å². The van der Waals surface area contributed by atoms with Crippen molar-refractivity contribution in [3.63, 3.8) is 0 Å². The minimum atomic E-state index is -0.717. The molecule has 16 heavy (non-hydrogen) atoms. The van der Waals surface area contributed by atoms with E-state index in [2.05, 4.69) is 17.6 Å². The summed E-state index contributed by atoms with van der Waals surface area (Å²) in [6.07, 6.45) is -0.717. The Labute approximate surface area is 102 Å². The van der Waals surface area contributed by atoms with Gasteiger partial charge in [0, 0.05) is 4.90 Å². The summed E-state index contributed by atoms with van der Waals surface area (Å²) >= 11 is 4.21. The molecule has 0 fully saturated rings. The molecule has 5 N–H and O–H groups in total. The van der Waals surface area contributed by atoms with Crippen LogP contribution in [0.5, 0.6) is 0 Å². The fraction of sp³-hybridized carbons (Fsp3) is 0.364. The quantitative estimate of drug-likeness (QED) is 0.366. The van der Waals surface area contributed by atoms with Gasteiger partial charge in [0.05, 0.1) is 12.6 Å². The second-order valence-corrected chi connectivity index (χ2v) is 3.32. The van der Waals surface area contributed by atoms with Gasteiger partial charge in [-0.05, 0) is 11.6 Å². The van der Waals surface area contributed by atoms with E-state index in [9.17, 15) is 5.11 Å². The molecule has 0 aliphatic rings. The van der Waals surface area contributed by atoms with Crippen LogP contribution in [0.2, 0.25) is 0 Å². The minimum Gasteiger partial charge on any atom is -0.386 e. The highest BCUT2D eigenvalue weighted by Gasteiger charge is 2.08. The number of nitrogens with two attached hydrogens (primary N) is 2. The van der Waals surface area contributed by atoms with E-state index in [1.807, 2.05) is 26.0 Å². The predicted octanol–water partition coefficient (Wildman–Crippen LogP) is 1.31. The first kappa shape index (κ1) is 14.8. The largest absolute Gasteiger partial charge is 0.386 e. The van der Waals surface area contributed by atoms with Gasteiger partial charge >= 0.3 is 0 Å². The normalized spacial score (nSPS) is 11.0. The first-order chi connectivity index (χ1) is 7.61. The van der Waals surface area contributed by atoms with Crippen LogP contribution >= 0.6 is 12.6 Å². The molecule has 1 rings (SSSR count). The van der Waals surface area contributed by atoms with Crippen molar-refractivity contribution in [2.45, 2.75) is 24.8 Å². The van der Waals surface area contributed by atoms with E-state index in [1.54, 1.807) is 12.1 Å². The van der Waals surface area contributed by atoms with E-state index in [4.69, 9.17) is 11.5 Å². The molecule has 0 heterocycles. The molecule has 0 unspecified atom stereocenters. The number of aliphatic imine (C=N–C) groups is 1. The van der Waals surface area contributed by atoms with Crippen molar-refractivity contribution in [2.75, 3.05) is 6.54 Å². The van der Waals surface area contributed by atoms with Crippen LogP contribution in [-0.2, 0) is 0 Å². The highest BCUT2D eigenvalue weighted by atomic mass is 32.1. The lowest BCUT2D eigenvalue weighted by atomic mass is 10.1. The summed E-state index contributed by atoms with van der Waals surface area (Å²) in [7, 11) is 0. The summed E-state index contributed by atoms with van der Waals surface area (Å²) in [6, 6.07) is 7.26. The zero-order valence-electron chi connectivity index (χ0n) is 9.59. The molecule has 0 spiro atoms. The van der Waals surface area contributed by atoms with E-state index in [1.165, 1.54) is 0 Å². The average molecular weight is 241 g/mol. The van der Waals surface area contributed by atoms with E-state index < -0.39 is 6.10 Å². The first-order valence-corrected chi connectivity index (χ1v) is 5.57. The molecule has 1 aromatic carbocycles. The lowest BCUT2D eigenvalue weighted by Crippen LogP contribution is -2.23. The summed E-state index contributed by atoms with van der Waals surface area (Å²) in [5, 5.41) is 9.68. The Hall–Kier alpha value is -1.20. The van der Waals surface area contributed by atoms with Crippen molar-refractivity contribution < 1.29 is 5.11 Å². The maximum atomic E-state index is 9.68. The van der Waals surface area contributed by atoms with Gasteiger partial charge < -0.3 is 16.6 Å². The summed E-state index contributed by atoms with van der Waals surface area (Å²) in [5.74, 6) is -0.0271. The minimum absolute atomic E-state index is 0.0271. The molecular formula is C11H19N3OS. The van der Waals surface area contributed by atoms with Crippen molar-refractivity contribution in [2.24, 2.45) is 16.5 Å². The maximum absolute atomic E-state index is 9.68. The summed E-state index contributed by atoms with van der Waals surface area (Å²) in [4.78, 5) is 4.46. The van der Waals surface area contributed by atoms with Gasteiger partial charge in [0.25, 0.3) is 0 Å². The van der Waals surface area contributed by atoms with Crippen molar-refractivity contribution >= 4 is 18.6 Å². The van der Waals surface area contributed by atoms with Crippen LogP contribution in [0.15, 0.2) is 34.2 Å². The third kappa shape index (κ3) is 5.04. The molecule has 0 radical (unpaired) electrons. The van der Waals surface area contributed by atoms with Crippen molar-refractivity contribution in [3.8, 4) is 0 Å². The molecule has 5 heteroatoms. The molecular weight excluding hydrogens is 222 g/mol. The van der Waals surface area contributed by atoms with Crippen LogP contribution < -0.4 is 11.5 Å². The SMILES string of the molecule is CC.NC(N)=NC[C@H](O)c1ccccc1S. The monoisotopic (exact) mass is 241 g/mol. The third-order valence-electron chi connectivity index (χ3n) is 1.74. The second-order valence-electron chi connectivity index (χ2n) is 2.84. The van der Waals surface area contributed by atoms with Crippen LogP contribution in [0.1, 0.15) is 25.5 Å². The summed E-state index contributed by atoms with van der Waals surface area (Å²) in [5.41, 5.74) is 11.0. The fourth-order valence-corrected chi connectivity index (χ4v) is 1.37. The molecule has 4 nitrogen and oxygen atoms in total. The highest BCUT2D eigenvalue weighted by molar-refractivity contribution is 7.80. The Bertz CT molecular complexity index is 338. The van der Waals surface area contributed by atoms with Crippen molar-refractivity contribution in [1.29, 1.82) is 0 Å².